The number of sulfone groups is 1. The Morgan fingerprint density at radius 1 is 1.60 bits per heavy atom. The molecule has 0 saturated heterocycles. The number of aromatic carboxylic acids is 1. The third-order valence-electron chi connectivity index (χ3n) is 2.26. The van der Waals surface area contributed by atoms with Crippen molar-refractivity contribution in [1.29, 1.82) is 0 Å². The first-order chi connectivity index (χ1) is 9.10. The van der Waals surface area contributed by atoms with Crippen molar-refractivity contribution in [3.63, 3.8) is 0 Å². The minimum Gasteiger partial charge on any atom is -0.477 e. The van der Waals surface area contributed by atoms with Crippen molar-refractivity contribution in [2.45, 2.75) is 13.0 Å². The van der Waals surface area contributed by atoms with Gasteiger partial charge in [-0.05, 0) is 6.92 Å². The highest BCUT2D eigenvalue weighted by Gasteiger charge is 2.21. The van der Waals surface area contributed by atoms with E-state index >= 15 is 0 Å². The first-order valence-electron chi connectivity index (χ1n) is 5.42. The molecule has 1 aromatic heterocycles. The lowest BCUT2D eigenvalue weighted by Gasteiger charge is -2.13. The summed E-state index contributed by atoms with van der Waals surface area (Å²) >= 11 is 0. The van der Waals surface area contributed by atoms with Crippen LogP contribution in [0.4, 0.5) is 11.5 Å². The number of nitrogens with zero attached hydrogens (tertiary/aromatic N) is 2. The normalized spacial score (nSPS) is 12.7. The first kappa shape index (κ1) is 15.8. The van der Waals surface area contributed by atoms with Gasteiger partial charge in [-0.2, -0.15) is 0 Å². The number of carboxylic acids is 1. The molecule has 1 rings (SSSR count). The molecule has 9 nitrogen and oxygen atoms in total. The molecule has 1 atom stereocenters. The van der Waals surface area contributed by atoms with E-state index in [1.807, 2.05) is 0 Å². The zero-order valence-electron chi connectivity index (χ0n) is 10.7. The number of hydrogen-bond acceptors (Lipinski definition) is 7. The molecule has 1 aromatic rings. The van der Waals surface area contributed by atoms with Crippen LogP contribution >= 0.6 is 0 Å². The minimum absolute atomic E-state index is 0.0594. The van der Waals surface area contributed by atoms with Crippen LogP contribution in [-0.2, 0) is 9.84 Å². The Hall–Kier alpha value is -2.23. The Balaban J connectivity index is 3.01. The van der Waals surface area contributed by atoms with Gasteiger partial charge in [-0.3, -0.25) is 10.1 Å². The van der Waals surface area contributed by atoms with Crippen LogP contribution < -0.4 is 5.32 Å². The van der Waals surface area contributed by atoms with Crippen LogP contribution in [-0.4, -0.2) is 47.5 Å². The Morgan fingerprint density at radius 2 is 2.20 bits per heavy atom. The van der Waals surface area contributed by atoms with Gasteiger partial charge in [0.2, 0.25) is 0 Å². The monoisotopic (exact) mass is 303 g/mol. The summed E-state index contributed by atoms with van der Waals surface area (Å²) in [4.78, 5) is 24.4. The number of carbonyl (C=O) groups is 1. The lowest BCUT2D eigenvalue weighted by atomic mass is 10.2. The van der Waals surface area contributed by atoms with Crippen LogP contribution in [0.15, 0.2) is 12.3 Å². The minimum atomic E-state index is -3.21. The van der Waals surface area contributed by atoms with Gasteiger partial charge >= 0.3 is 11.7 Å². The second-order valence-corrected chi connectivity index (χ2v) is 6.47. The molecule has 1 unspecified atom stereocenters. The summed E-state index contributed by atoms with van der Waals surface area (Å²) in [6.07, 6.45) is 1.88. The van der Waals surface area contributed by atoms with Gasteiger partial charge in [0.05, 0.1) is 10.7 Å². The van der Waals surface area contributed by atoms with Gasteiger partial charge in [-0.25, -0.2) is 18.2 Å². The third kappa shape index (κ3) is 4.46. The number of hydrogen-bond donors (Lipinski definition) is 2. The summed E-state index contributed by atoms with van der Waals surface area (Å²) in [5, 5.41) is 22.2. The van der Waals surface area contributed by atoms with Crippen molar-refractivity contribution >= 4 is 27.3 Å². The van der Waals surface area contributed by atoms with E-state index in [9.17, 15) is 23.3 Å². The topological polar surface area (TPSA) is 140 Å². The van der Waals surface area contributed by atoms with E-state index in [0.717, 1.165) is 18.5 Å². The van der Waals surface area contributed by atoms with Gasteiger partial charge < -0.3 is 10.4 Å². The Bertz CT molecular complexity index is 642. The molecule has 20 heavy (non-hydrogen) atoms. The predicted molar refractivity (Wildman–Crippen MR) is 70.6 cm³/mol. The highest BCUT2D eigenvalue weighted by molar-refractivity contribution is 7.90. The molecule has 0 amide bonds. The summed E-state index contributed by atoms with van der Waals surface area (Å²) in [6.45, 7) is 1.57. The summed E-state index contributed by atoms with van der Waals surface area (Å²) < 4.78 is 22.2. The number of anilines is 1. The largest absolute Gasteiger partial charge is 0.477 e. The van der Waals surface area contributed by atoms with Crippen molar-refractivity contribution in [3.8, 4) is 0 Å². The summed E-state index contributed by atoms with van der Waals surface area (Å²) in [6, 6.07) is 0.486. The Kier molecular flexibility index (Phi) is 4.61. The molecule has 110 valence electrons. The fourth-order valence-electron chi connectivity index (χ4n) is 1.59. The number of nitrogens with one attached hydrogen (secondary N) is 1. The number of aromatic nitrogens is 1. The van der Waals surface area contributed by atoms with E-state index in [-0.39, 0.29) is 11.6 Å². The molecule has 0 bridgehead atoms. The Labute approximate surface area is 114 Å². The van der Waals surface area contributed by atoms with Gasteiger partial charge in [-0.15, -0.1) is 0 Å². The molecule has 0 aliphatic carbocycles. The highest BCUT2D eigenvalue weighted by Crippen LogP contribution is 2.20. The summed E-state index contributed by atoms with van der Waals surface area (Å²) in [7, 11) is -3.21. The maximum atomic E-state index is 11.1. The van der Waals surface area contributed by atoms with Crippen molar-refractivity contribution in [3.05, 3.63) is 27.9 Å². The van der Waals surface area contributed by atoms with Crippen LogP contribution in [0.5, 0.6) is 0 Å². The molecule has 10 heteroatoms. The molecule has 0 saturated carbocycles. The molecular formula is C10H13N3O6S. The van der Waals surface area contributed by atoms with E-state index in [1.165, 1.54) is 0 Å². The fraction of sp³-hybridized carbons (Fsp3) is 0.400. The molecule has 1 heterocycles. The first-order valence-corrected chi connectivity index (χ1v) is 7.48. The average Bonchev–Trinajstić information content (AvgIpc) is 2.25. The van der Waals surface area contributed by atoms with Crippen LogP contribution in [0.1, 0.15) is 17.3 Å². The zero-order chi connectivity index (χ0) is 15.5. The van der Waals surface area contributed by atoms with Gasteiger partial charge in [-0.1, -0.05) is 0 Å². The predicted octanol–water partition coefficient (Wildman–Crippen LogP) is 0.533. The fourth-order valence-corrected chi connectivity index (χ4v) is 2.58. The molecule has 0 fully saturated rings. The molecule has 0 aliphatic heterocycles. The van der Waals surface area contributed by atoms with Gasteiger partial charge in [0.1, 0.15) is 27.4 Å². The van der Waals surface area contributed by atoms with Crippen LogP contribution in [0.3, 0.4) is 0 Å². The lowest BCUT2D eigenvalue weighted by molar-refractivity contribution is -0.385. The quantitative estimate of drug-likeness (QED) is 0.573. The van der Waals surface area contributed by atoms with Gasteiger partial charge in [0.25, 0.3) is 0 Å². The van der Waals surface area contributed by atoms with E-state index in [2.05, 4.69) is 10.3 Å². The number of pyridine rings is 1. The van der Waals surface area contributed by atoms with E-state index < -0.39 is 38.0 Å². The number of carboxylic acid groups (broad SMARTS) is 1. The second-order valence-electron chi connectivity index (χ2n) is 4.29. The molecule has 0 aliphatic rings. The third-order valence-corrected chi connectivity index (χ3v) is 3.36. The Morgan fingerprint density at radius 3 is 2.65 bits per heavy atom. The van der Waals surface area contributed by atoms with Crippen LogP contribution in [0.25, 0.3) is 0 Å². The standard InChI is InChI=1S/C10H13N3O6S/c1-6(5-20(2,18)19)12-9-3-7(10(14)15)8(4-11-9)13(16)17/h3-4,6H,5H2,1-2H3,(H,11,12)(H,14,15). The summed E-state index contributed by atoms with van der Waals surface area (Å²) in [5.74, 6) is -1.57. The van der Waals surface area contributed by atoms with E-state index in [1.54, 1.807) is 6.92 Å². The van der Waals surface area contributed by atoms with Crippen LogP contribution in [0.2, 0.25) is 0 Å². The van der Waals surface area contributed by atoms with Crippen molar-refractivity contribution in [2.75, 3.05) is 17.3 Å². The highest BCUT2D eigenvalue weighted by atomic mass is 32.2. The zero-order valence-corrected chi connectivity index (χ0v) is 11.5. The molecule has 0 radical (unpaired) electrons. The average molecular weight is 303 g/mol. The molecular weight excluding hydrogens is 290 g/mol. The molecule has 0 spiro atoms. The van der Waals surface area contributed by atoms with Crippen molar-refractivity contribution in [1.82, 2.24) is 4.98 Å². The SMILES string of the molecule is CC(CS(C)(=O)=O)Nc1cc(C(=O)O)c([N+](=O)[O-])cn1. The lowest BCUT2D eigenvalue weighted by Crippen LogP contribution is -2.25. The molecule has 2 N–H and O–H groups in total. The van der Waals surface area contributed by atoms with Crippen molar-refractivity contribution < 1.29 is 23.2 Å². The van der Waals surface area contributed by atoms with Crippen LogP contribution in [0, 0.1) is 10.1 Å². The smallest absolute Gasteiger partial charge is 0.342 e. The maximum Gasteiger partial charge on any atom is 0.342 e. The molecule has 0 aromatic carbocycles. The van der Waals surface area contributed by atoms with Crippen molar-refractivity contribution in [2.24, 2.45) is 0 Å². The van der Waals surface area contributed by atoms with E-state index in [0.29, 0.717) is 0 Å². The van der Waals surface area contributed by atoms with Gasteiger partial charge in [0, 0.05) is 18.4 Å². The summed E-state index contributed by atoms with van der Waals surface area (Å²) in [5.41, 5.74) is -1.14. The van der Waals surface area contributed by atoms with Gasteiger partial charge in [0.15, 0.2) is 0 Å². The second kappa shape index (κ2) is 5.82. The maximum absolute atomic E-state index is 11.1. The number of rotatable bonds is 6. The number of nitro groups is 1. The van der Waals surface area contributed by atoms with E-state index in [4.69, 9.17) is 5.11 Å².